The van der Waals surface area contributed by atoms with Crippen molar-refractivity contribution in [3.8, 4) is 17.9 Å². The molecule has 3 N–H and O–H groups in total. The molecule has 304 valence electrons. The number of nitrogens with zero attached hydrogens (tertiary/aromatic N) is 5. The third-order valence-corrected chi connectivity index (χ3v) is 10.5. The van der Waals surface area contributed by atoms with Gasteiger partial charge in [-0.05, 0) is 49.9 Å². The van der Waals surface area contributed by atoms with Gasteiger partial charge in [-0.1, -0.05) is 109 Å². The van der Waals surface area contributed by atoms with Crippen LogP contribution in [-0.2, 0) is 25.1 Å². The number of methoxy groups -OCH3 is 1. The van der Waals surface area contributed by atoms with E-state index in [4.69, 9.17) is 39.4 Å². The summed E-state index contributed by atoms with van der Waals surface area (Å²) >= 11 is 0. The summed E-state index contributed by atoms with van der Waals surface area (Å²) in [6.07, 6.45) is 25.4. The number of aromatic nitrogens is 3. The fourth-order valence-corrected chi connectivity index (χ4v) is 7.26. The van der Waals surface area contributed by atoms with E-state index in [9.17, 15) is 5.26 Å². The van der Waals surface area contributed by atoms with Crippen molar-refractivity contribution in [2.24, 2.45) is 0 Å². The molecule has 0 amide bonds. The van der Waals surface area contributed by atoms with Gasteiger partial charge in [-0.3, -0.25) is 0 Å². The van der Waals surface area contributed by atoms with Gasteiger partial charge in [-0.2, -0.15) is 15.6 Å². The van der Waals surface area contributed by atoms with Gasteiger partial charge in [0.2, 0.25) is 0 Å². The Hall–Kier alpha value is -3.35. The number of unbranched alkanes of at least 4 members (excludes halogenated alkanes) is 15. The van der Waals surface area contributed by atoms with Crippen molar-refractivity contribution in [3.63, 3.8) is 0 Å². The Morgan fingerprint density at radius 1 is 0.891 bits per heavy atom. The molecule has 0 saturated carbocycles. The number of nitrogen functional groups attached to an aromatic ring is 1. The quantitative estimate of drug-likeness (QED) is 0.0531. The molecule has 0 aliphatic carbocycles. The zero-order valence-corrected chi connectivity index (χ0v) is 34.3. The molecule has 4 rings (SSSR count). The van der Waals surface area contributed by atoms with Gasteiger partial charge in [0, 0.05) is 18.8 Å². The molecule has 12 nitrogen and oxygen atoms in total. The van der Waals surface area contributed by atoms with Crippen molar-refractivity contribution in [1.82, 2.24) is 14.6 Å². The van der Waals surface area contributed by atoms with E-state index in [-0.39, 0.29) is 28.4 Å². The molecule has 3 atom stereocenters. The van der Waals surface area contributed by atoms with E-state index in [2.05, 4.69) is 23.1 Å². The zero-order valence-electron chi connectivity index (χ0n) is 33.3. The molecule has 13 heteroatoms. The Balaban J connectivity index is 0.000000574. The topological polar surface area (TPSA) is 170 Å². The molecule has 1 aromatic carbocycles. The van der Waals surface area contributed by atoms with Crippen LogP contribution in [0.15, 0.2) is 36.7 Å². The summed E-state index contributed by atoms with van der Waals surface area (Å²) in [5.41, 5.74) is 7.77. The van der Waals surface area contributed by atoms with E-state index in [1.54, 1.807) is 22.7 Å². The average molecular weight is 781 g/mol. The van der Waals surface area contributed by atoms with Gasteiger partial charge >= 0.3 is 0 Å². The number of nitriles is 2. The molecular weight excluding hydrogens is 715 g/mol. The van der Waals surface area contributed by atoms with Crippen LogP contribution in [0.3, 0.4) is 0 Å². The molecule has 3 aromatic rings. The van der Waals surface area contributed by atoms with E-state index in [1.807, 2.05) is 18.2 Å². The third kappa shape index (κ3) is 17.1. The van der Waals surface area contributed by atoms with E-state index in [1.165, 1.54) is 110 Å². The lowest BCUT2D eigenvalue weighted by Crippen LogP contribution is -2.31. The summed E-state index contributed by atoms with van der Waals surface area (Å²) in [5, 5.41) is 31.5. The Kier molecular flexibility index (Phi) is 23.5. The predicted molar refractivity (Wildman–Crippen MR) is 218 cm³/mol. The van der Waals surface area contributed by atoms with Crippen LogP contribution in [0.2, 0.25) is 0 Å². The summed E-state index contributed by atoms with van der Waals surface area (Å²) < 4.78 is 29.9. The molecule has 2 aromatic heterocycles. The van der Waals surface area contributed by atoms with Crippen molar-refractivity contribution in [2.75, 3.05) is 39.3 Å². The van der Waals surface area contributed by atoms with Crippen LogP contribution >= 0.6 is 9.03 Å². The van der Waals surface area contributed by atoms with Crippen LogP contribution in [-0.4, -0.2) is 58.8 Å². The number of aliphatic hydroxyl groups is 1. The van der Waals surface area contributed by atoms with Gasteiger partial charge in [0.25, 0.3) is 0 Å². The molecule has 0 spiro atoms. The lowest BCUT2D eigenvalue weighted by molar-refractivity contribution is -0.0319. The van der Waals surface area contributed by atoms with Crippen molar-refractivity contribution in [2.45, 2.75) is 147 Å². The van der Waals surface area contributed by atoms with Crippen molar-refractivity contribution >= 4 is 20.4 Å². The fraction of sp³-hybridized carbons (Fsp3) is 0.667. The Morgan fingerprint density at radius 3 is 2.16 bits per heavy atom. The highest BCUT2D eigenvalue weighted by molar-refractivity contribution is 7.26. The van der Waals surface area contributed by atoms with Crippen LogP contribution in [0, 0.1) is 22.7 Å². The minimum absolute atomic E-state index is 0.0745. The van der Waals surface area contributed by atoms with Gasteiger partial charge < -0.3 is 34.1 Å². The molecular formula is C42H65N6O6P. The van der Waals surface area contributed by atoms with Crippen LogP contribution < -0.4 is 10.5 Å². The maximum absolute atomic E-state index is 9.81. The van der Waals surface area contributed by atoms with Crippen LogP contribution in [0.1, 0.15) is 152 Å². The zero-order chi connectivity index (χ0) is 39.4. The second kappa shape index (κ2) is 28.1. The summed E-state index contributed by atoms with van der Waals surface area (Å²) in [5.74, 6) is 0.967. The number of aliphatic hydroxyl groups excluding tert-OH is 1. The lowest BCUT2D eigenvalue weighted by atomic mass is 10.0. The largest absolute Gasteiger partial charge is 0.496 e. The highest BCUT2D eigenvalue weighted by Crippen LogP contribution is 2.41. The van der Waals surface area contributed by atoms with E-state index in [0.717, 1.165) is 30.7 Å². The molecule has 1 fully saturated rings. The molecule has 1 aliphatic heterocycles. The van der Waals surface area contributed by atoms with E-state index >= 15 is 0 Å². The van der Waals surface area contributed by atoms with E-state index in [0.29, 0.717) is 48.7 Å². The van der Waals surface area contributed by atoms with Crippen molar-refractivity contribution in [1.29, 1.82) is 10.5 Å². The number of hydrogen-bond acceptors (Lipinski definition) is 11. The SMILES string of the molecule is CCCCCCCCCCCCCCCCCCOCCCOPOCC1(C#N)CCC(c2ccc3c(N)ncnn23)O1.COc1cc(C#N)ccc1CO. The molecule has 3 heterocycles. The number of nitrogens with two attached hydrogens (primary N) is 1. The first-order valence-electron chi connectivity index (χ1n) is 20.4. The Morgan fingerprint density at radius 2 is 1.55 bits per heavy atom. The molecule has 1 aliphatic rings. The Bertz CT molecular complexity index is 1560. The standard InChI is InChI=1S/C33H56N5O4P.C9H9NO2/c1-2-3-4-5-6-7-8-9-10-11-12-13-14-15-16-17-23-39-24-18-25-40-43-41-27-33(26-34)22-21-31(42-33)29-19-20-30-32(35)36-28-37-38(29)30;1-12-9-4-7(5-10)2-3-8(9)6-11/h19-20,28,31,43H,2-18,21-25,27H2,1H3,(H2,35,36,37);2-4,11H,6H2,1H3. The maximum Gasteiger partial charge on any atom is 0.178 e. The first-order valence-corrected chi connectivity index (χ1v) is 21.2. The highest BCUT2D eigenvalue weighted by atomic mass is 31.1. The van der Waals surface area contributed by atoms with Gasteiger partial charge in [0.1, 0.15) is 29.8 Å². The molecule has 3 unspecified atom stereocenters. The smallest absolute Gasteiger partial charge is 0.178 e. The number of anilines is 1. The summed E-state index contributed by atoms with van der Waals surface area (Å²) in [7, 11) is 1.38. The van der Waals surface area contributed by atoms with Gasteiger partial charge in [0.05, 0.1) is 44.3 Å². The monoisotopic (exact) mass is 780 g/mol. The van der Waals surface area contributed by atoms with Gasteiger partial charge in [-0.15, -0.1) is 0 Å². The molecule has 0 radical (unpaired) electrons. The van der Waals surface area contributed by atoms with Crippen LogP contribution in [0.25, 0.3) is 5.52 Å². The number of ether oxygens (including phenoxy) is 3. The third-order valence-electron chi connectivity index (χ3n) is 9.91. The molecule has 0 bridgehead atoms. The maximum atomic E-state index is 9.81. The fourth-order valence-electron chi connectivity index (χ4n) is 6.66. The van der Waals surface area contributed by atoms with Gasteiger partial charge in [0.15, 0.2) is 20.5 Å². The number of benzene rings is 1. The molecule has 55 heavy (non-hydrogen) atoms. The minimum atomic E-state index is -0.986. The van der Waals surface area contributed by atoms with Crippen LogP contribution in [0.5, 0.6) is 5.75 Å². The first-order chi connectivity index (χ1) is 27.0. The summed E-state index contributed by atoms with van der Waals surface area (Å²) in [6, 6.07) is 13.0. The summed E-state index contributed by atoms with van der Waals surface area (Å²) in [4.78, 5) is 4.02. The van der Waals surface area contributed by atoms with E-state index < -0.39 is 5.60 Å². The lowest BCUT2D eigenvalue weighted by Gasteiger charge is -2.21. The average Bonchev–Trinajstić information content (AvgIpc) is 3.85. The van der Waals surface area contributed by atoms with Gasteiger partial charge in [-0.25, -0.2) is 9.50 Å². The normalized spacial score (nSPS) is 16.6. The minimum Gasteiger partial charge on any atom is -0.496 e. The predicted octanol–water partition coefficient (Wildman–Crippen LogP) is 9.69. The summed E-state index contributed by atoms with van der Waals surface area (Å²) in [6.45, 7) is 4.50. The van der Waals surface area contributed by atoms with Crippen LogP contribution in [0.4, 0.5) is 5.82 Å². The number of fused-ring (bicyclic) bond motifs is 1. The molecule has 1 saturated heterocycles. The first kappa shape index (κ1) is 46.0. The van der Waals surface area contributed by atoms with Crippen molar-refractivity contribution in [3.05, 3.63) is 53.5 Å². The second-order valence-electron chi connectivity index (χ2n) is 14.2. The second-order valence-corrected chi connectivity index (χ2v) is 15.0. The number of hydrogen-bond donors (Lipinski definition) is 2. The van der Waals surface area contributed by atoms with Crippen molar-refractivity contribution < 1.29 is 28.4 Å². The Labute approximate surface area is 331 Å². The highest BCUT2D eigenvalue weighted by Gasteiger charge is 2.42. The number of rotatable bonds is 28.